The van der Waals surface area contributed by atoms with Gasteiger partial charge in [0.05, 0.1) is 5.56 Å². The van der Waals surface area contributed by atoms with E-state index in [-0.39, 0.29) is 23.0 Å². The second-order valence-electron chi connectivity index (χ2n) is 5.53. The molecular weight excluding hydrogens is 232 g/mol. The minimum Gasteiger partial charge on any atom is -0.476 e. The van der Waals surface area contributed by atoms with Crippen LogP contribution in [0.25, 0.3) is 0 Å². The van der Waals surface area contributed by atoms with Crippen LogP contribution in [0.3, 0.4) is 0 Å². The van der Waals surface area contributed by atoms with Crippen molar-refractivity contribution < 1.29 is 14.7 Å². The minimum atomic E-state index is -1.20. The number of nitrogens with zero attached hydrogens (tertiary/aromatic N) is 2. The summed E-state index contributed by atoms with van der Waals surface area (Å²) >= 11 is 0. The van der Waals surface area contributed by atoms with Gasteiger partial charge in [0.25, 0.3) is 0 Å². The fourth-order valence-electron chi connectivity index (χ4n) is 1.41. The predicted octanol–water partition coefficient (Wildman–Crippen LogP) is 2.53. The number of hydrogen-bond donors (Lipinski definition) is 1. The molecule has 0 unspecified atom stereocenters. The van der Waals surface area contributed by atoms with E-state index in [4.69, 9.17) is 5.11 Å². The summed E-state index contributed by atoms with van der Waals surface area (Å²) in [6, 6.07) is 0. The zero-order chi connectivity index (χ0) is 14.1. The van der Waals surface area contributed by atoms with Crippen molar-refractivity contribution >= 4 is 11.8 Å². The third-order valence-corrected chi connectivity index (χ3v) is 2.45. The van der Waals surface area contributed by atoms with E-state index in [1.54, 1.807) is 20.8 Å². The molecule has 0 aliphatic heterocycles. The van der Waals surface area contributed by atoms with Crippen molar-refractivity contribution in [3.63, 3.8) is 0 Å². The molecule has 1 N–H and O–H groups in total. The molecule has 1 heterocycles. The van der Waals surface area contributed by atoms with Crippen LogP contribution in [0, 0.1) is 5.41 Å². The van der Waals surface area contributed by atoms with E-state index in [1.807, 2.05) is 13.8 Å². The lowest BCUT2D eigenvalue weighted by Crippen LogP contribution is -2.24. The van der Waals surface area contributed by atoms with Crippen molar-refractivity contribution in [2.45, 2.75) is 40.5 Å². The molecule has 0 aliphatic rings. The van der Waals surface area contributed by atoms with Crippen LogP contribution in [0.15, 0.2) is 6.20 Å². The molecule has 0 bridgehead atoms. The number of carboxylic acids is 1. The molecule has 5 heteroatoms. The van der Waals surface area contributed by atoms with Crippen molar-refractivity contribution in [2.24, 2.45) is 5.41 Å². The number of ketones is 1. The highest BCUT2D eigenvalue weighted by Crippen LogP contribution is 2.23. The Bertz CT molecular complexity index is 487. The molecular formula is C13H18N2O3. The van der Waals surface area contributed by atoms with Gasteiger partial charge in [0.2, 0.25) is 0 Å². The van der Waals surface area contributed by atoms with Gasteiger partial charge in [0.15, 0.2) is 11.5 Å². The molecule has 0 spiro atoms. The van der Waals surface area contributed by atoms with Gasteiger partial charge in [0, 0.05) is 17.5 Å². The number of aromatic nitrogens is 2. The molecule has 0 fully saturated rings. The Morgan fingerprint density at radius 2 is 1.83 bits per heavy atom. The fraction of sp³-hybridized carbons (Fsp3) is 0.538. The van der Waals surface area contributed by atoms with Gasteiger partial charge in [-0.3, -0.25) is 4.79 Å². The first-order chi connectivity index (χ1) is 8.14. The largest absolute Gasteiger partial charge is 0.476 e. The average molecular weight is 250 g/mol. The Morgan fingerprint density at radius 1 is 1.28 bits per heavy atom. The quantitative estimate of drug-likeness (QED) is 0.834. The van der Waals surface area contributed by atoms with Crippen molar-refractivity contribution in [1.82, 2.24) is 9.97 Å². The monoisotopic (exact) mass is 250 g/mol. The van der Waals surface area contributed by atoms with E-state index >= 15 is 0 Å². The molecule has 0 aliphatic carbocycles. The second-order valence-corrected chi connectivity index (χ2v) is 5.53. The smallest absolute Gasteiger partial charge is 0.355 e. The highest BCUT2D eigenvalue weighted by molar-refractivity contribution is 6.06. The van der Waals surface area contributed by atoms with Gasteiger partial charge < -0.3 is 5.11 Å². The first-order valence-corrected chi connectivity index (χ1v) is 5.79. The average Bonchev–Trinajstić information content (AvgIpc) is 2.25. The van der Waals surface area contributed by atoms with Gasteiger partial charge in [-0.1, -0.05) is 34.6 Å². The van der Waals surface area contributed by atoms with Gasteiger partial charge in [-0.2, -0.15) is 0 Å². The van der Waals surface area contributed by atoms with Crippen LogP contribution in [0.4, 0.5) is 0 Å². The van der Waals surface area contributed by atoms with E-state index < -0.39 is 11.4 Å². The second kappa shape index (κ2) is 4.84. The lowest BCUT2D eigenvalue weighted by atomic mass is 9.86. The third kappa shape index (κ3) is 2.91. The molecule has 0 saturated heterocycles. The summed E-state index contributed by atoms with van der Waals surface area (Å²) in [6.45, 7) is 8.93. The standard InChI is InChI=1S/C13H18N2O3/c1-7(2)11-14-6-8(9(15-11)12(17)18)10(16)13(3,4)5/h6-7H,1-5H3,(H,17,18). The van der Waals surface area contributed by atoms with Gasteiger partial charge in [-0.05, 0) is 0 Å². The van der Waals surface area contributed by atoms with Crippen molar-refractivity contribution in [1.29, 1.82) is 0 Å². The molecule has 5 nitrogen and oxygen atoms in total. The summed E-state index contributed by atoms with van der Waals surface area (Å²) in [5.74, 6) is -1.03. The van der Waals surface area contributed by atoms with Crippen LogP contribution in [0.5, 0.6) is 0 Å². The third-order valence-electron chi connectivity index (χ3n) is 2.45. The molecule has 0 radical (unpaired) electrons. The molecule has 98 valence electrons. The van der Waals surface area contributed by atoms with Crippen LogP contribution in [0.1, 0.15) is 67.2 Å². The minimum absolute atomic E-state index is 0.0156. The van der Waals surface area contributed by atoms with E-state index in [9.17, 15) is 9.59 Å². The Hall–Kier alpha value is -1.78. The Morgan fingerprint density at radius 3 is 2.22 bits per heavy atom. The van der Waals surface area contributed by atoms with Crippen LogP contribution in [-0.4, -0.2) is 26.8 Å². The molecule has 1 aromatic rings. The number of aromatic carboxylic acids is 1. The summed E-state index contributed by atoms with van der Waals surface area (Å²) in [7, 11) is 0. The zero-order valence-corrected chi connectivity index (χ0v) is 11.3. The Labute approximate surface area is 106 Å². The number of carbonyl (C=O) groups is 2. The number of Topliss-reactive ketones (excluding diaryl/α,β-unsaturated/α-hetero) is 1. The molecule has 0 amide bonds. The zero-order valence-electron chi connectivity index (χ0n) is 11.3. The summed E-state index contributed by atoms with van der Waals surface area (Å²) in [5.41, 5.74) is -0.805. The molecule has 1 aromatic heterocycles. The van der Waals surface area contributed by atoms with Gasteiger partial charge >= 0.3 is 5.97 Å². The maximum absolute atomic E-state index is 12.1. The van der Waals surface area contributed by atoms with Gasteiger partial charge in [-0.25, -0.2) is 14.8 Å². The van der Waals surface area contributed by atoms with Crippen molar-refractivity contribution in [3.05, 3.63) is 23.3 Å². The van der Waals surface area contributed by atoms with Crippen LogP contribution in [0.2, 0.25) is 0 Å². The topological polar surface area (TPSA) is 80.2 Å². The summed E-state index contributed by atoms with van der Waals surface area (Å²) in [6.07, 6.45) is 1.32. The van der Waals surface area contributed by atoms with E-state index in [2.05, 4.69) is 9.97 Å². The Balaban J connectivity index is 3.38. The van der Waals surface area contributed by atoms with Crippen LogP contribution < -0.4 is 0 Å². The van der Waals surface area contributed by atoms with Crippen molar-refractivity contribution in [2.75, 3.05) is 0 Å². The van der Waals surface area contributed by atoms with E-state index in [0.29, 0.717) is 5.82 Å². The number of hydrogen-bond acceptors (Lipinski definition) is 4. The normalized spacial score (nSPS) is 11.7. The van der Waals surface area contributed by atoms with Crippen LogP contribution >= 0.6 is 0 Å². The molecule has 0 saturated carbocycles. The molecule has 0 atom stereocenters. The van der Waals surface area contributed by atoms with E-state index in [1.165, 1.54) is 6.20 Å². The lowest BCUT2D eigenvalue weighted by Gasteiger charge is -2.17. The van der Waals surface area contributed by atoms with Crippen LogP contribution in [-0.2, 0) is 0 Å². The maximum Gasteiger partial charge on any atom is 0.355 e. The molecule has 18 heavy (non-hydrogen) atoms. The fourth-order valence-corrected chi connectivity index (χ4v) is 1.41. The van der Waals surface area contributed by atoms with Crippen molar-refractivity contribution in [3.8, 4) is 0 Å². The van der Waals surface area contributed by atoms with Gasteiger partial charge in [0.1, 0.15) is 5.82 Å². The number of carboxylic acid groups (broad SMARTS) is 1. The first-order valence-electron chi connectivity index (χ1n) is 5.79. The number of rotatable bonds is 3. The lowest BCUT2D eigenvalue weighted by molar-refractivity contribution is 0.0680. The molecule has 1 rings (SSSR count). The maximum atomic E-state index is 12.1. The van der Waals surface area contributed by atoms with E-state index in [0.717, 1.165) is 0 Å². The summed E-state index contributed by atoms with van der Waals surface area (Å²) in [4.78, 5) is 31.4. The summed E-state index contributed by atoms with van der Waals surface area (Å²) in [5, 5.41) is 9.14. The van der Waals surface area contributed by atoms with Gasteiger partial charge in [-0.15, -0.1) is 0 Å². The predicted molar refractivity (Wildman–Crippen MR) is 66.9 cm³/mol. The number of carbonyl (C=O) groups excluding carboxylic acids is 1. The highest BCUT2D eigenvalue weighted by atomic mass is 16.4. The Kier molecular flexibility index (Phi) is 3.84. The SMILES string of the molecule is CC(C)c1ncc(C(=O)C(C)(C)C)c(C(=O)O)n1. The highest BCUT2D eigenvalue weighted by Gasteiger charge is 2.28. The molecule has 0 aromatic carbocycles. The first kappa shape index (κ1) is 14.3. The summed E-state index contributed by atoms with van der Waals surface area (Å²) < 4.78 is 0.